The Morgan fingerprint density at radius 2 is 1.89 bits per heavy atom. The lowest BCUT2D eigenvalue weighted by molar-refractivity contribution is 0.100. The number of benzene rings is 1. The molecule has 0 aliphatic carbocycles. The highest BCUT2D eigenvalue weighted by Crippen LogP contribution is 2.13. The van der Waals surface area contributed by atoms with Crippen LogP contribution in [0.15, 0.2) is 42.5 Å². The van der Waals surface area contributed by atoms with Crippen molar-refractivity contribution in [3.8, 4) is 5.75 Å². The summed E-state index contributed by atoms with van der Waals surface area (Å²) in [5.74, 6) is 0.642. The van der Waals surface area contributed by atoms with Crippen molar-refractivity contribution in [3.63, 3.8) is 0 Å². The van der Waals surface area contributed by atoms with Gasteiger partial charge in [-0.25, -0.2) is 4.98 Å². The van der Waals surface area contributed by atoms with Crippen molar-refractivity contribution in [1.82, 2.24) is 4.98 Å². The molecule has 5 heteroatoms. The fourth-order valence-corrected chi connectivity index (χ4v) is 1.45. The second-order valence-corrected chi connectivity index (χ2v) is 3.73. The highest BCUT2D eigenvalue weighted by molar-refractivity contribution is 5.92. The molecule has 0 aliphatic rings. The van der Waals surface area contributed by atoms with Crippen LogP contribution in [-0.2, 0) is 6.61 Å². The molecule has 18 heavy (non-hydrogen) atoms. The number of nitrogens with zero attached hydrogens (tertiary/aromatic N) is 1. The number of pyridine rings is 1. The third kappa shape index (κ3) is 2.98. The Morgan fingerprint density at radius 1 is 1.17 bits per heavy atom. The fourth-order valence-electron chi connectivity index (χ4n) is 1.45. The predicted octanol–water partition coefficient (Wildman–Crippen LogP) is 1.34. The van der Waals surface area contributed by atoms with Crippen molar-refractivity contribution in [2.24, 2.45) is 5.73 Å². The van der Waals surface area contributed by atoms with Crippen LogP contribution in [0.4, 0.5) is 5.82 Å². The van der Waals surface area contributed by atoms with E-state index in [0.717, 1.165) is 5.69 Å². The summed E-state index contributed by atoms with van der Waals surface area (Å²) >= 11 is 0. The second-order valence-electron chi connectivity index (χ2n) is 3.73. The third-order valence-electron chi connectivity index (χ3n) is 2.35. The second kappa shape index (κ2) is 5.18. The minimum atomic E-state index is -0.459. The lowest BCUT2D eigenvalue weighted by atomic mass is 10.2. The number of aromatic nitrogens is 1. The minimum Gasteiger partial charge on any atom is -0.487 e. The van der Waals surface area contributed by atoms with Gasteiger partial charge in [-0.15, -0.1) is 0 Å². The first kappa shape index (κ1) is 11.9. The molecule has 1 aromatic carbocycles. The minimum absolute atomic E-state index is 0.320. The average molecular weight is 243 g/mol. The molecule has 92 valence electrons. The van der Waals surface area contributed by atoms with Gasteiger partial charge in [-0.1, -0.05) is 6.07 Å². The zero-order valence-corrected chi connectivity index (χ0v) is 9.67. The van der Waals surface area contributed by atoms with Gasteiger partial charge in [-0.2, -0.15) is 0 Å². The van der Waals surface area contributed by atoms with Crippen LogP contribution >= 0.6 is 0 Å². The van der Waals surface area contributed by atoms with Gasteiger partial charge in [-0.3, -0.25) is 4.79 Å². The number of hydrogen-bond acceptors (Lipinski definition) is 4. The molecule has 2 aromatic rings. The zero-order valence-electron chi connectivity index (χ0n) is 9.67. The van der Waals surface area contributed by atoms with E-state index in [0.29, 0.717) is 23.7 Å². The molecule has 0 atom stereocenters. The lowest BCUT2D eigenvalue weighted by Crippen LogP contribution is -2.10. The molecule has 0 radical (unpaired) electrons. The number of carbonyl (C=O) groups is 1. The van der Waals surface area contributed by atoms with Gasteiger partial charge in [0, 0.05) is 5.56 Å². The normalized spacial score (nSPS) is 10.0. The Hall–Kier alpha value is -2.56. The summed E-state index contributed by atoms with van der Waals surface area (Å²) < 4.78 is 5.51. The molecule has 0 saturated heterocycles. The van der Waals surface area contributed by atoms with Crippen LogP contribution < -0.4 is 16.2 Å². The lowest BCUT2D eigenvalue weighted by Gasteiger charge is -2.06. The van der Waals surface area contributed by atoms with Crippen LogP contribution in [0.2, 0.25) is 0 Å². The van der Waals surface area contributed by atoms with Gasteiger partial charge in [0.2, 0.25) is 5.91 Å². The number of amides is 1. The number of ether oxygens (including phenoxy) is 1. The first-order valence-electron chi connectivity index (χ1n) is 5.39. The van der Waals surface area contributed by atoms with Gasteiger partial charge in [0.1, 0.15) is 18.2 Å². The summed E-state index contributed by atoms with van der Waals surface area (Å²) in [6, 6.07) is 12.0. The summed E-state index contributed by atoms with van der Waals surface area (Å²) in [7, 11) is 0. The molecule has 0 unspecified atom stereocenters. The Bertz CT molecular complexity index is 552. The maximum absolute atomic E-state index is 10.9. The maximum atomic E-state index is 10.9. The van der Waals surface area contributed by atoms with Crippen LogP contribution in [0.1, 0.15) is 16.1 Å². The molecule has 5 nitrogen and oxygen atoms in total. The molecule has 2 rings (SSSR count). The van der Waals surface area contributed by atoms with Gasteiger partial charge in [0.15, 0.2) is 0 Å². The summed E-state index contributed by atoms with van der Waals surface area (Å²) in [5, 5.41) is 0. The summed E-state index contributed by atoms with van der Waals surface area (Å²) in [6.45, 7) is 0.320. The van der Waals surface area contributed by atoms with Crippen molar-refractivity contribution in [2.45, 2.75) is 6.61 Å². The number of hydrogen-bond donors (Lipinski definition) is 2. The van der Waals surface area contributed by atoms with Gasteiger partial charge in [0.05, 0.1) is 5.69 Å². The van der Waals surface area contributed by atoms with Gasteiger partial charge in [0.25, 0.3) is 0 Å². The standard InChI is InChI=1S/C13H13N3O2/c14-12-3-1-2-10(16-12)8-18-11-6-4-9(5-7-11)13(15)17/h1-7H,8H2,(H2,14,16)(H2,15,17). The predicted molar refractivity (Wildman–Crippen MR) is 67.9 cm³/mol. The number of primary amides is 1. The summed E-state index contributed by atoms with van der Waals surface area (Å²) in [6.07, 6.45) is 0. The number of nitrogens with two attached hydrogens (primary N) is 2. The Balaban J connectivity index is 2.00. The monoisotopic (exact) mass is 243 g/mol. The molecule has 0 aliphatic heterocycles. The van der Waals surface area contributed by atoms with Crippen LogP contribution in [0.5, 0.6) is 5.75 Å². The maximum Gasteiger partial charge on any atom is 0.248 e. The number of anilines is 1. The smallest absolute Gasteiger partial charge is 0.248 e. The van der Waals surface area contributed by atoms with E-state index < -0.39 is 5.91 Å². The number of rotatable bonds is 4. The quantitative estimate of drug-likeness (QED) is 0.847. The van der Waals surface area contributed by atoms with E-state index >= 15 is 0 Å². The van der Waals surface area contributed by atoms with Crippen molar-refractivity contribution in [1.29, 1.82) is 0 Å². The molecule has 1 aromatic heterocycles. The summed E-state index contributed by atoms with van der Waals surface area (Å²) in [4.78, 5) is 15.0. The van der Waals surface area contributed by atoms with E-state index in [4.69, 9.17) is 16.2 Å². The van der Waals surface area contributed by atoms with Gasteiger partial charge >= 0.3 is 0 Å². The van der Waals surface area contributed by atoms with Crippen molar-refractivity contribution in [2.75, 3.05) is 5.73 Å². The Labute approximate surface area is 104 Å². The largest absolute Gasteiger partial charge is 0.487 e. The highest BCUT2D eigenvalue weighted by Gasteiger charge is 2.01. The van der Waals surface area contributed by atoms with Gasteiger partial charge < -0.3 is 16.2 Å². The molecule has 0 spiro atoms. The number of carbonyl (C=O) groups excluding carboxylic acids is 1. The zero-order chi connectivity index (χ0) is 13.0. The SMILES string of the molecule is NC(=O)c1ccc(OCc2cccc(N)n2)cc1. The van der Waals surface area contributed by atoms with E-state index in [1.165, 1.54) is 0 Å². The van der Waals surface area contributed by atoms with Crippen LogP contribution in [0.25, 0.3) is 0 Å². The van der Waals surface area contributed by atoms with E-state index in [9.17, 15) is 4.79 Å². The van der Waals surface area contributed by atoms with Gasteiger partial charge in [-0.05, 0) is 36.4 Å². The van der Waals surface area contributed by atoms with Crippen LogP contribution in [-0.4, -0.2) is 10.9 Å². The molecule has 0 saturated carbocycles. The van der Waals surface area contributed by atoms with Crippen molar-refractivity contribution in [3.05, 3.63) is 53.7 Å². The molecule has 0 fully saturated rings. The molecule has 1 heterocycles. The van der Waals surface area contributed by atoms with Crippen LogP contribution in [0, 0.1) is 0 Å². The van der Waals surface area contributed by atoms with E-state index in [2.05, 4.69) is 4.98 Å². The molecular weight excluding hydrogens is 230 g/mol. The Kier molecular flexibility index (Phi) is 3.43. The highest BCUT2D eigenvalue weighted by atomic mass is 16.5. The number of nitrogen functional groups attached to an aromatic ring is 1. The molecular formula is C13H13N3O2. The molecule has 1 amide bonds. The average Bonchev–Trinajstić information content (AvgIpc) is 2.37. The first-order valence-corrected chi connectivity index (χ1v) is 5.39. The topological polar surface area (TPSA) is 91.2 Å². The molecule has 4 N–H and O–H groups in total. The first-order chi connectivity index (χ1) is 8.65. The van der Waals surface area contributed by atoms with E-state index in [1.54, 1.807) is 30.3 Å². The third-order valence-corrected chi connectivity index (χ3v) is 2.35. The molecule has 0 bridgehead atoms. The van der Waals surface area contributed by atoms with E-state index in [-0.39, 0.29) is 0 Å². The fraction of sp³-hybridized carbons (Fsp3) is 0.0769. The van der Waals surface area contributed by atoms with Crippen molar-refractivity contribution >= 4 is 11.7 Å². The van der Waals surface area contributed by atoms with Crippen molar-refractivity contribution < 1.29 is 9.53 Å². The van der Waals surface area contributed by atoms with Crippen LogP contribution in [0.3, 0.4) is 0 Å². The Morgan fingerprint density at radius 3 is 2.50 bits per heavy atom. The summed E-state index contributed by atoms with van der Waals surface area (Å²) in [5.41, 5.74) is 11.9. The van der Waals surface area contributed by atoms with E-state index in [1.807, 2.05) is 12.1 Å².